The summed E-state index contributed by atoms with van der Waals surface area (Å²) in [7, 11) is 1.40. The third kappa shape index (κ3) is 3.60. The fourth-order valence-electron chi connectivity index (χ4n) is 1.93. The van der Waals surface area contributed by atoms with E-state index >= 15 is 0 Å². The van der Waals surface area contributed by atoms with Crippen LogP contribution in [0.15, 0.2) is 24.3 Å². The van der Waals surface area contributed by atoms with E-state index in [2.05, 4.69) is 0 Å². The minimum Gasteiger partial charge on any atom is -0.504 e. The van der Waals surface area contributed by atoms with Crippen LogP contribution in [0.4, 0.5) is 0 Å². The molecular formula is C15H18O5. The number of carbonyl (C=O) groups is 2. The van der Waals surface area contributed by atoms with E-state index in [1.165, 1.54) is 26.2 Å². The molecule has 0 saturated heterocycles. The summed E-state index contributed by atoms with van der Waals surface area (Å²) in [5, 5.41) is 18.8. The second-order valence-electron chi connectivity index (χ2n) is 4.38. The van der Waals surface area contributed by atoms with Crippen LogP contribution in [0.2, 0.25) is 0 Å². The Labute approximate surface area is 117 Å². The third-order valence-corrected chi connectivity index (χ3v) is 3.04. The van der Waals surface area contributed by atoms with Crippen molar-refractivity contribution in [2.75, 3.05) is 7.11 Å². The molecule has 1 aromatic rings. The number of hydrogen-bond acceptors (Lipinski definition) is 4. The van der Waals surface area contributed by atoms with E-state index in [1.54, 1.807) is 6.07 Å². The van der Waals surface area contributed by atoms with Gasteiger partial charge in [0.15, 0.2) is 17.3 Å². The van der Waals surface area contributed by atoms with Gasteiger partial charge in [0.05, 0.1) is 7.11 Å². The Kier molecular flexibility index (Phi) is 5.32. The monoisotopic (exact) mass is 278 g/mol. The van der Waals surface area contributed by atoms with Gasteiger partial charge < -0.3 is 14.9 Å². The molecule has 0 amide bonds. The molecule has 1 atom stereocenters. The number of ether oxygens (including phenoxy) is 1. The van der Waals surface area contributed by atoms with E-state index in [1.807, 2.05) is 6.92 Å². The molecule has 0 radical (unpaired) electrons. The van der Waals surface area contributed by atoms with Gasteiger partial charge in [0.25, 0.3) is 0 Å². The zero-order valence-corrected chi connectivity index (χ0v) is 11.7. The molecule has 0 aliphatic heterocycles. The van der Waals surface area contributed by atoms with Crippen LogP contribution >= 0.6 is 0 Å². The number of allylic oxidation sites excluding steroid dienone is 1. The lowest BCUT2D eigenvalue weighted by molar-refractivity contribution is -0.131. The zero-order valence-electron chi connectivity index (χ0n) is 11.7. The largest absolute Gasteiger partial charge is 0.504 e. The van der Waals surface area contributed by atoms with Crippen molar-refractivity contribution in [1.29, 1.82) is 0 Å². The summed E-state index contributed by atoms with van der Waals surface area (Å²) in [6.45, 7) is 3.28. The van der Waals surface area contributed by atoms with Crippen molar-refractivity contribution in [3.8, 4) is 11.5 Å². The molecule has 0 saturated carbocycles. The fraction of sp³-hybridized carbons (Fsp3) is 0.333. The van der Waals surface area contributed by atoms with Crippen LogP contribution in [-0.2, 0) is 4.79 Å². The van der Waals surface area contributed by atoms with Crippen molar-refractivity contribution in [3.63, 3.8) is 0 Å². The van der Waals surface area contributed by atoms with Crippen molar-refractivity contribution in [2.24, 2.45) is 0 Å². The molecule has 1 unspecified atom stereocenters. The van der Waals surface area contributed by atoms with Crippen LogP contribution in [-0.4, -0.2) is 29.1 Å². The number of carboxylic acids is 1. The van der Waals surface area contributed by atoms with Crippen molar-refractivity contribution < 1.29 is 24.5 Å². The number of methoxy groups -OCH3 is 1. The van der Waals surface area contributed by atoms with Gasteiger partial charge in [-0.2, -0.15) is 0 Å². The number of aromatic hydroxyl groups is 1. The van der Waals surface area contributed by atoms with Crippen molar-refractivity contribution in [1.82, 2.24) is 0 Å². The first kappa shape index (κ1) is 15.8. The lowest BCUT2D eigenvalue weighted by Gasteiger charge is -2.16. The number of aliphatic carboxylic acids is 1. The van der Waals surface area contributed by atoms with E-state index in [4.69, 9.17) is 9.84 Å². The standard InChI is InChI=1S/C15H18O5/c1-4-10(5-6-14(17)18)12-7-11(9(2)16)8-13(20-3)15(12)19/h5-8,10,19H,4H2,1-3H3,(H,17,18). The Morgan fingerprint density at radius 1 is 1.40 bits per heavy atom. The van der Waals surface area contributed by atoms with Crippen LogP contribution in [0.3, 0.4) is 0 Å². The minimum atomic E-state index is -1.06. The van der Waals surface area contributed by atoms with Crippen molar-refractivity contribution in [2.45, 2.75) is 26.2 Å². The quantitative estimate of drug-likeness (QED) is 0.617. The van der Waals surface area contributed by atoms with Gasteiger partial charge in [-0.25, -0.2) is 4.79 Å². The summed E-state index contributed by atoms with van der Waals surface area (Å²) < 4.78 is 5.05. The van der Waals surface area contributed by atoms with Crippen molar-refractivity contribution in [3.05, 3.63) is 35.4 Å². The van der Waals surface area contributed by atoms with Gasteiger partial charge >= 0.3 is 5.97 Å². The Bertz CT molecular complexity index is 545. The molecule has 2 N–H and O–H groups in total. The van der Waals surface area contributed by atoms with E-state index in [-0.39, 0.29) is 23.2 Å². The molecule has 5 nitrogen and oxygen atoms in total. The van der Waals surface area contributed by atoms with Gasteiger partial charge in [0.1, 0.15) is 0 Å². The first-order valence-corrected chi connectivity index (χ1v) is 6.23. The summed E-state index contributed by atoms with van der Waals surface area (Å²) in [6, 6.07) is 3.04. The highest BCUT2D eigenvalue weighted by molar-refractivity contribution is 5.95. The molecule has 5 heteroatoms. The number of benzene rings is 1. The first-order chi connectivity index (χ1) is 9.40. The maximum atomic E-state index is 11.5. The second-order valence-corrected chi connectivity index (χ2v) is 4.38. The third-order valence-electron chi connectivity index (χ3n) is 3.04. The summed E-state index contributed by atoms with van der Waals surface area (Å²) in [6.07, 6.45) is 3.10. The number of hydrogen-bond donors (Lipinski definition) is 2. The molecule has 108 valence electrons. The van der Waals surface area contributed by atoms with Crippen LogP contribution in [0.5, 0.6) is 11.5 Å². The summed E-state index contributed by atoms with van der Waals surface area (Å²) >= 11 is 0. The average Bonchev–Trinajstić information content (AvgIpc) is 2.40. The molecule has 1 aromatic carbocycles. The molecule has 0 heterocycles. The molecule has 1 rings (SSSR count). The summed E-state index contributed by atoms with van der Waals surface area (Å²) in [4.78, 5) is 22.1. The molecule has 0 bridgehead atoms. The number of rotatable bonds is 6. The number of Topliss-reactive ketones (excluding diaryl/α,β-unsaturated/α-hetero) is 1. The molecule has 20 heavy (non-hydrogen) atoms. The predicted molar refractivity (Wildman–Crippen MR) is 74.5 cm³/mol. The van der Waals surface area contributed by atoms with Gasteiger partial charge in [0.2, 0.25) is 0 Å². The van der Waals surface area contributed by atoms with E-state index in [0.717, 1.165) is 6.08 Å². The molecule has 0 aromatic heterocycles. The summed E-state index contributed by atoms with van der Waals surface area (Å²) in [5.41, 5.74) is 0.895. The topological polar surface area (TPSA) is 83.8 Å². The number of carboxylic acid groups (broad SMARTS) is 1. The van der Waals surface area contributed by atoms with Gasteiger partial charge in [-0.1, -0.05) is 13.0 Å². The number of phenols is 1. The lowest BCUT2D eigenvalue weighted by atomic mass is 9.92. The molecule has 0 aliphatic rings. The number of ketones is 1. The Balaban J connectivity index is 3.36. The Morgan fingerprint density at radius 2 is 2.05 bits per heavy atom. The molecule has 0 spiro atoms. The van der Waals surface area contributed by atoms with Gasteiger partial charge in [-0.3, -0.25) is 4.79 Å². The molecule has 0 aliphatic carbocycles. The smallest absolute Gasteiger partial charge is 0.327 e. The minimum absolute atomic E-state index is 0.0700. The normalized spacial score (nSPS) is 12.3. The predicted octanol–water partition coefficient (Wildman–Crippen LogP) is 2.74. The molecular weight excluding hydrogens is 260 g/mol. The van der Waals surface area contributed by atoms with E-state index in [9.17, 15) is 14.7 Å². The molecule has 0 fully saturated rings. The highest BCUT2D eigenvalue weighted by Gasteiger charge is 2.18. The highest BCUT2D eigenvalue weighted by Crippen LogP contribution is 2.38. The van der Waals surface area contributed by atoms with Gasteiger partial charge in [0, 0.05) is 23.1 Å². The maximum Gasteiger partial charge on any atom is 0.327 e. The average molecular weight is 278 g/mol. The summed E-state index contributed by atoms with van der Waals surface area (Å²) in [5.74, 6) is -1.38. The van der Waals surface area contributed by atoms with Crippen LogP contribution < -0.4 is 4.74 Å². The first-order valence-electron chi connectivity index (χ1n) is 6.23. The second kappa shape index (κ2) is 6.75. The number of phenolic OH excluding ortho intramolecular Hbond substituents is 1. The van der Waals surface area contributed by atoms with Crippen LogP contribution in [0, 0.1) is 0 Å². The maximum absolute atomic E-state index is 11.5. The van der Waals surface area contributed by atoms with Gasteiger partial charge in [-0.05, 0) is 25.5 Å². The zero-order chi connectivity index (χ0) is 15.3. The SMILES string of the molecule is CCC(C=CC(=O)O)c1cc(C(C)=O)cc(OC)c1O. The number of carbonyl (C=O) groups excluding carboxylic acids is 1. The fourth-order valence-corrected chi connectivity index (χ4v) is 1.93. The lowest BCUT2D eigenvalue weighted by Crippen LogP contribution is -2.02. The van der Waals surface area contributed by atoms with Crippen LogP contribution in [0.1, 0.15) is 42.1 Å². The highest BCUT2D eigenvalue weighted by atomic mass is 16.5. The Morgan fingerprint density at radius 3 is 2.50 bits per heavy atom. The van der Waals surface area contributed by atoms with E-state index in [0.29, 0.717) is 17.5 Å². The van der Waals surface area contributed by atoms with Crippen LogP contribution in [0.25, 0.3) is 0 Å². The van der Waals surface area contributed by atoms with Crippen molar-refractivity contribution >= 4 is 11.8 Å². The Hall–Kier alpha value is -2.30. The van der Waals surface area contributed by atoms with E-state index < -0.39 is 5.97 Å². The van der Waals surface area contributed by atoms with Gasteiger partial charge in [-0.15, -0.1) is 0 Å².